The van der Waals surface area contributed by atoms with Crippen molar-refractivity contribution in [1.82, 2.24) is 8.87 Å². The summed E-state index contributed by atoms with van der Waals surface area (Å²) in [6.45, 7) is 5.06. The number of carbonyl (C=O) groups excluding carboxylic acids is 1. The number of unbranched alkanes of at least 4 members (excludes halogenated alkanes) is 1. The van der Waals surface area contributed by atoms with Crippen molar-refractivity contribution in [2.45, 2.75) is 38.1 Å². The van der Waals surface area contributed by atoms with Crippen molar-refractivity contribution in [1.29, 1.82) is 0 Å². The van der Waals surface area contributed by atoms with E-state index in [2.05, 4.69) is 4.99 Å². The number of hydrogen-bond acceptors (Lipinski definition) is 4. The van der Waals surface area contributed by atoms with Crippen LogP contribution in [0.3, 0.4) is 0 Å². The zero-order valence-corrected chi connectivity index (χ0v) is 19.5. The van der Waals surface area contributed by atoms with Gasteiger partial charge in [-0.25, -0.2) is 12.7 Å². The number of aryl methyl sites for hydroxylation is 1. The number of thiazole rings is 1. The molecule has 0 N–H and O–H groups in total. The molecule has 0 saturated heterocycles. The quantitative estimate of drug-likeness (QED) is 0.514. The zero-order chi connectivity index (χ0) is 21.9. The average Bonchev–Trinajstić information content (AvgIpc) is 3.10. The summed E-state index contributed by atoms with van der Waals surface area (Å²) in [5, 5.41) is 0.612. The largest absolute Gasteiger partial charge is 0.315 e. The van der Waals surface area contributed by atoms with E-state index in [0.717, 1.165) is 23.1 Å². The van der Waals surface area contributed by atoms with E-state index in [0.29, 0.717) is 28.5 Å². The molecule has 2 aromatic carbocycles. The normalized spacial score (nSPS) is 12.8. The number of amides is 1. The molecule has 1 heterocycles. The third kappa shape index (κ3) is 4.51. The van der Waals surface area contributed by atoms with Gasteiger partial charge in [0.2, 0.25) is 10.0 Å². The van der Waals surface area contributed by atoms with Gasteiger partial charge in [0, 0.05) is 25.7 Å². The van der Waals surface area contributed by atoms with Crippen LogP contribution in [0.5, 0.6) is 0 Å². The van der Waals surface area contributed by atoms with Gasteiger partial charge in [0.05, 0.1) is 20.1 Å². The van der Waals surface area contributed by atoms with Gasteiger partial charge in [-0.3, -0.25) is 4.79 Å². The van der Waals surface area contributed by atoms with E-state index in [9.17, 15) is 13.2 Å². The molecule has 0 bridgehead atoms. The third-order valence-corrected chi connectivity index (χ3v) is 8.02. The van der Waals surface area contributed by atoms with Crippen LogP contribution >= 0.6 is 22.9 Å². The van der Waals surface area contributed by atoms with Crippen LogP contribution in [0.25, 0.3) is 10.2 Å². The summed E-state index contributed by atoms with van der Waals surface area (Å²) in [7, 11) is -2.01. The summed E-state index contributed by atoms with van der Waals surface area (Å²) in [6, 6.07) is 11.5. The first kappa shape index (κ1) is 22.7. The van der Waals surface area contributed by atoms with Crippen molar-refractivity contribution in [3.8, 4) is 0 Å². The van der Waals surface area contributed by atoms with Gasteiger partial charge in [-0.15, -0.1) is 0 Å². The van der Waals surface area contributed by atoms with Crippen molar-refractivity contribution in [3.05, 3.63) is 57.9 Å². The third-order valence-electron chi connectivity index (χ3n) is 4.80. The van der Waals surface area contributed by atoms with Gasteiger partial charge in [-0.05, 0) is 49.7 Å². The number of sulfonamides is 1. The molecule has 160 valence electrons. The molecular formula is C21H24ClN3O3S2. The summed E-state index contributed by atoms with van der Waals surface area (Å²) in [6.07, 6.45) is 1.71. The van der Waals surface area contributed by atoms with Crippen LogP contribution in [0.2, 0.25) is 5.02 Å². The summed E-state index contributed by atoms with van der Waals surface area (Å²) >= 11 is 7.72. The van der Waals surface area contributed by atoms with Gasteiger partial charge in [-0.2, -0.15) is 4.99 Å². The molecule has 0 aliphatic heterocycles. The molecule has 0 unspecified atom stereocenters. The van der Waals surface area contributed by atoms with Crippen molar-refractivity contribution < 1.29 is 13.2 Å². The fourth-order valence-corrected chi connectivity index (χ4v) is 5.73. The van der Waals surface area contributed by atoms with E-state index in [4.69, 9.17) is 11.6 Å². The lowest BCUT2D eigenvalue weighted by molar-refractivity contribution is 0.0997. The first-order valence-corrected chi connectivity index (χ1v) is 12.4. The Bertz CT molecular complexity index is 1230. The number of fused-ring (bicyclic) bond motifs is 1. The van der Waals surface area contributed by atoms with Crippen molar-refractivity contribution in [2.24, 2.45) is 4.99 Å². The van der Waals surface area contributed by atoms with Crippen LogP contribution in [0.15, 0.2) is 52.4 Å². The first-order chi connectivity index (χ1) is 14.3. The zero-order valence-electron chi connectivity index (χ0n) is 17.1. The molecule has 0 saturated carbocycles. The average molecular weight is 466 g/mol. The SMILES string of the molecule is CCCCN(C)S(=O)(=O)c1ccc(C(=O)N=c2sc3cccc(Cl)c3n2CC)cc1. The highest BCUT2D eigenvalue weighted by Crippen LogP contribution is 2.25. The minimum atomic E-state index is -3.57. The molecule has 9 heteroatoms. The number of rotatable bonds is 7. The molecule has 0 atom stereocenters. The predicted molar refractivity (Wildman–Crippen MR) is 122 cm³/mol. The van der Waals surface area contributed by atoms with Crippen LogP contribution in [0.4, 0.5) is 0 Å². The number of para-hydroxylation sites is 1. The second kappa shape index (κ2) is 9.43. The molecule has 30 heavy (non-hydrogen) atoms. The Morgan fingerprint density at radius 1 is 1.17 bits per heavy atom. The highest BCUT2D eigenvalue weighted by Gasteiger charge is 2.20. The smallest absolute Gasteiger partial charge is 0.279 e. The van der Waals surface area contributed by atoms with E-state index in [1.54, 1.807) is 7.05 Å². The maximum Gasteiger partial charge on any atom is 0.279 e. The van der Waals surface area contributed by atoms with Gasteiger partial charge in [-0.1, -0.05) is 42.3 Å². The van der Waals surface area contributed by atoms with Crippen LogP contribution < -0.4 is 4.80 Å². The molecule has 0 spiro atoms. The maximum absolute atomic E-state index is 12.7. The van der Waals surface area contributed by atoms with E-state index >= 15 is 0 Å². The van der Waals surface area contributed by atoms with Crippen molar-refractivity contribution in [3.63, 3.8) is 0 Å². The Kier molecular flexibility index (Phi) is 7.13. The Labute approximate surface area is 185 Å². The lowest BCUT2D eigenvalue weighted by Crippen LogP contribution is -2.27. The van der Waals surface area contributed by atoms with Gasteiger partial charge >= 0.3 is 0 Å². The molecular weight excluding hydrogens is 442 g/mol. The molecule has 3 rings (SSSR count). The van der Waals surface area contributed by atoms with Crippen LogP contribution in [-0.4, -0.2) is 36.8 Å². The van der Waals surface area contributed by atoms with Crippen LogP contribution in [0.1, 0.15) is 37.0 Å². The summed E-state index contributed by atoms with van der Waals surface area (Å²) in [5.41, 5.74) is 1.19. The topological polar surface area (TPSA) is 71.7 Å². The van der Waals surface area contributed by atoms with Crippen molar-refractivity contribution >= 4 is 49.1 Å². The van der Waals surface area contributed by atoms with Crippen molar-refractivity contribution in [2.75, 3.05) is 13.6 Å². The highest BCUT2D eigenvalue weighted by molar-refractivity contribution is 7.89. The van der Waals surface area contributed by atoms with Gasteiger partial charge in [0.25, 0.3) is 5.91 Å². The number of benzene rings is 2. The Hall–Kier alpha value is -2.00. The molecule has 1 amide bonds. The molecule has 3 aromatic rings. The number of halogens is 1. The first-order valence-electron chi connectivity index (χ1n) is 9.73. The summed E-state index contributed by atoms with van der Waals surface area (Å²) < 4.78 is 29.4. The Balaban J connectivity index is 1.92. The summed E-state index contributed by atoms with van der Waals surface area (Å²) in [5.74, 6) is -0.428. The molecule has 0 aliphatic rings. The van der Waals surface area contributed by atoms with Gasteiger partial charge < -0.3 is 4.57 Å². The Morgan fingerprint density at radius 2 is 1.87 bits per heavy atom. The minimum Gasteiger partial charge on any atom is -0.315 e. The Morgan fingerprint density at radius 3 is 2.50 bits per heavy atom. The van der Waals surface area contributed by atoms with Crippen LogP contribution in [0, 0.1) is 0 Å². The minimum absolute atomic E-state index is 0.162. The fraction of sp³-hybridized carbons (Fsp3) is 0.333. The number of carbonyl (C=O) groups is 1. The monoisotopic (exact) mass is 465 g/mol. The van der Waals surface area contributed by atoms with Crippen LogP contribution in [-0.2, 0) is 16.6 Å². The summed E-state index contributed by atoms with van der Waals surface area (Å²) in [4.78, 5) is 17.7. The predicted octanol–water partition coefficient (Wildman–Crippen LogP) is 4.54. The fourth-order valence-electron chi connectivity index (χ4n) is 3.07. The molecule has 0 radical (unpaired) electrons. The number of aromatic nitrogens is 1. The lowest BCUT2D eigenvalue weighted by atomic mass is 10.2. The molecule has 1 aromatic heterocycles. The maximum atomic E-state index is 12.7. The van der Waals surface area contributed by atoms with Gasteiger partial charge in [0.15, 0.2) is 4.80 Å². The standard InChI is InChI=1S/C21H24ClN3O3S2/c1-4-6-14-24(3)30(27,28)16-12-10-15(11-13-16)20(26)23-21-25(5-2)19-17(22)8-7-9-18(19)29-21/h7-13H,4-6,14H2,1-3H3. The van der Waals surface area contributed by atoms with Gasteiger partial charge in [0.1, 0.15) is 0 Å². The van der Waals surface area contributed by atoms with E-state index in [1.165, 1.54) is 39.9 Å². The lowest BCUT2D eigenvalue weighted by Gasteiger charge is -2.16. The number of hydrogen-bond donors (Lipinski definition) is 0. The molecule has 6 nitrogen and oxygen atoms in total. The molecule has 0 aliphatic carbocycles. The second-order valence-corrected chi connectivity index (χ2v) is 10.3. The second-order valence-electron chi connectivity index (χ2n) is 6.84. The van der Waals surface area contributed by atoms with E-state index in [-0.39, 0.29) is 4.90 Å². The number of nitrogens with zero attached hydrogens (tertiary/aromatic N) is 3. The van der Waals surface area contributed by atoms with E-state index in [1.807, 2.05) is 36.6 Å². The highest BCUT2D eigenvalue weighted by atomic mass is 35.5. The van der Waals surface area contributed by atoms with E-state index < -0.39 is 15.9 Å². The molecule has 0 fully saturated rings.